The van der Waals surface area contributed by atoms with E-state index in [1.807, 2.05) is 17.7 Å². The molecule has 0 aliphatic carbocycles. The lowest BCUT2D eigenvalue weighted by atomic mass is 10.1. The van der Waals surface area contributed by atoms with E-state index < -0.39 is 0 Å². The third-order valence-corrected chi connectivity index (χ3v) is 3.47. The van der Waals surface area contributed by atoms with Crippen LogP contribution in [0, 0.1) is 13.8 Å². The van der Waals surface area contributed by atoms with Gasteiger partial charge >= 0.3 is 0 Å². The molecule has 3 rings (SSSR count). The highest BCUT2D eigenvalue weighted by Gasteiger charge is 2.08. The molecule has 0 unspecified atom stereocenters. The van der Waals surface area contributed by atoms with Crippen molar-refractivity contribution in [3.8, 4) is 16.8 Å². The fourth-order valence-corrected chi connectivity index (χ4v) is 2.31. The Morgan fingerprint density at radius 1 is 1.00 bits per heavy atom. The summed E-state index contributed by atoms with van der Waals surface area (Å²) in [5, 5.41) is 4.61. The van der Waals surface area contributed by atoms with Crippen LogP contribution in [0.25, 0.3) is 16.8 Å². The molecule has 0 atom stereocenters. The molecule has 0 N–H and O–H groups in total. The topological polar surface area (TPSA) is 17.8 Å². The van der Waals surface area contributed by atoms with Crippen LogP contribution in [0.5, 0.6) is 0 Å². The van der Waals surface area contributed by atoms with E-state index in [0.29, 0.717) is 0 Å². The molecule has 1 radical (unpaired) electrons. The summed E-state index contributed by atoms with van der Waals surface area (Å²) in [6.45, 7) is 5.94. The van der Waals surface area contributed by atoms with Crippen molar-refractivity contribution in [3.63, 3.8) is 0 Å². The third kappa shape index (κ3) is 2.37. The van der Waals surface area contributed by atoms with Gasteiger partial charge in [-0.2, -0.15) is 5.10 Å². The zero-order valence-electron chi connectivity index (χ0n) is 11.6. The van der Waals surface area contributed by atoms with Crippen LogP contribution < -0.4 is 0 Å². The molecular weight excluding hydrogens is 244 g/mol. The van der Waals surface area contributed by atoms with Gasteiger partial charge in [-0.15, -0.1) is 0 Å². The maximum absolute atomic E-state index is 4.61. The van der Waals surface area contributed by atoms with E-state index in [0.717, 1.165) is 17.8 Å². The Kier molecular flexibility index (Phi) is 3.38. The second-order valence-electron chi connectivity index (χ2n) is 4.86. The second-order valence-corrected chi connectivity index (χ2v) is 4.86. The summed E-state index contributed by atoms with van der Waals surface area (Å²) in [6.07, 6.45) is 2.90. The van der Waals surface area contributed by atoms with Gasteiger partial charge in [0.15, 0.2) is 0 Å². The molecule has 0 saturated carbocycles. The average Bonchev–Trinajstić information content (AvgIpc) is 2.90. The Bertz CT molecular complexity index is 694. The van der Waals surface area contributed by atoms with Gasteiger partial charge in [-0.25, -0.2) is 4.68 Å². The van der Waals surface area contributed by atoms with E-state index in [1.54, 1.807) is 0 Å². The van der Waals surface area contributed by atoms with E-state index in [1.165, 1.54) is 16.7 Å². The Morgan fingerprint density at radius 2 is 1.70 bits per heavy atom. The molecule has 2 nitrogen and oxygen atoms in total. The summed E-state index contributed by atoms with van der Waals surface area (Å²) < 4.78 is 1.94. The van der Waals surface area contributed by atoms with Gasteiger partial charge in [-0.05, 0) is 43.5 Å². The Labute approximate surface area is 119 Å². The summed E-state index contributed by atoms with van der Waals surface area (Å²) in [5.74, 6) is 0. The van der Waals surface area contributed by atoms with Crippen molar-refractivity contribution < 1.29 is 0 Å². The van der Waals surface area contributed by atoms with Crippen molar-refractivity contribution in [2.45, 2.75) is 13.3 Å². The van der Waals surface area contributed by atoms with Crippen LogP contribution in [0.3, 0.4) is 0 Å². The predicted octanol–water partition coefficient (Wildman–Crippen LogP) is 4.22. The van der Waals surface area contributed by atoms with Crippen LogP contribution in [-0.4, -0.2) is 9.78 Å². The molecular formula is C18H17N2. The Morgan fingerprint density at radius 3 is 2.35 bits per heavy atom. The van der Waals surface area contributed by atoms with Crippen LogP contribution in [0.2, 0.25) is 0 Å². The largest absolute Gasteiger partial charge is 0.240 e. The molecule has 20 heavy (non-hydrogen) atoms. The first-order valence-corrected chi connectivity index (χ1v) is 6.78. The molecule has 0 spiro atoms. The fourth-order valence-electron chi connectivity index (χ4n) is 2.31. The molecule has 99 valence electrons. The lowest BCUT2D eigenvalue weighted by Crippen LogP contribution is -1.94. The molecule has 0 fully saturated rings. The van der Waals surface area contributed by atoms with Crippen molar-refractivity contribution in [3.05, 3.63) is 79.0 Å². The Balaban J connectivity index is 2.00. The quantitative estimate of drug-likeness (QED) is 0.690. The smallest absolute Gasteiger partial charge is 0.0676 e. The summed E-state index contributed by atoms with van der Waals surface area (Å²) >= 11 is 0. The van der Waals surface area contributed by atoms with Gasteiger partial charge in [0, 0.05) is 11.8 Å². The maximum Gasteiger partial charge on any atom is 0.0676 e. The van der Waals surface area contributed by atoms with Crippen LogP contribution in [0.1, 0.15) is 11.3 Å². The highest BCUT2D eigenvalue weighted by molar-refractivity contribution is 5.65. The summed E-state index contributed by atoms with van der Waals surface area (Å²) in [7, 11) is 0. The van der Waals surface area contributed by atoms with Crippen LogP contribution in [0.15, 0.2) is 60.8 Å². The monoisotopic (exact) mass is 261 g/mol. The molecule has 0 aliphatic heterocycles. The molecule has 1 heterocycles. The van der Waals surface area contributed by atoms with Crippen LogP contribution >= 0.6 is 0 Å². The molecule has 3 aromatic rings. The van der Waals surface area contributed by atoms with Crippen LogP contribution in [0.4, 0.5) is 0 Å². The van der Waals surface area contributed by atoms with Gasteiger partial charge in [0.25, 0.3) is 0 Å². The fraction of sp³-hybridized carbons (Fsp3) is 0.111. The van der Waals surface area contributed by atoms with E-state index in [9.17, 15) is 0 Å². The van der Waals surface area contributed by atoms with Crippen molar-refractivity contribution in [1.29, 1.82) is 0 Å². The molecule has 2 heteroatoms. The zero-order chi connectivity index (χ0) is 13.9. The van der Waals surface area contributed by atoms with Gasteiger partial charge in [-0.3, -0.25) is 0 Å². The Hall–Kier alpha value is -2.35. The number of aryl methyl sites for hydroxylation is 1. The first kappa shape index (κ1) is 12.7. The van der Waals surface area contributed by atoms with E-state index >= 15 is 0 Å². The lowest BCUT2D eigenvalue weighted by Gasteiger charge is -2.02. The van der Waals surface area contributed by atoms with Gasteiger partial charge in [-0.1, -0.05) is 42.5 Å². The van der Waals surface area contributed by atoms with Crippen molar-refractivity contribution >= 4 is 0 Å². The summed E-state index contributed by atoms with van der Waals surface area (Å²) in [6, 6.07) is 18.7. The number of nitrogens with zero attached hydrogens (tertiary/aromatic N) is 2. The normalized spacial score (nSPS) is 10.7. The van der Waals surface area contributed by atoms with Crippen LogP contribution in [-0.2, 0) is 6.42 Å². The van der Waals surface area contributed by atoms with Gasteiger partial charge in [0.2, 0.25) is 0 Å². The molecule has 0 bridgehead atoms. The molecule has 2 aromatic carbocycles. The van der Waals surface area contributed by atoms with Gasteiger partial charge < -0.3 is 0 Å². The summed E-state index contributed by atoms with van der Waals surface area (Å²) in [5.41, 5.74) is 5.73. The molecule has 1 aromatic heterocycles. The highest BCUT2D eigenvalue weighted by Crippen LogP contribution is 2.23. The molecule has 0 aliphatic rings. The maximum atomic E-state index is 4.61. The second kappa shape index (κ2) is 5.33. The van der Waals surface area contributed by atoms with Crippen molar-refractivity contribution in [1.82, 2.24) is 9.78 Å². The molecule has 0 amide bonds. The first-order chi connectivity index (χ1) is 9.78. The predicted molar refractivity (Wildman–Crippen MR) is 82.8 cm³/mol. The third-order valence-electron chi connectivity index (χ3n) is 3.47. The van der Waals surface area contributed by atoms with Crippen molar-refractivity contribution in [2.75, 3.05) is 0 Å². The lowest BCUT2D eigenvalue weighted by molar-refractivity contribution is 0.862. The van der Waals surface area contributed by atoms with E-state index in [-0.39, 0.29) is 0 Å². The standard InChI is InChI=1S/C18H17N2/c1-3-15-9-11-17(12-10-15)20-13-18(14(2)19-20)16-7-5-4-6-8-16/h4-13H,1,3H2,2H3. The van der Waals surface area contributed by atoms with E-state index in [2.05, 4.69) is 66.8 Å². The summed E-state index contributed by atoms with van der Waals surface area (Å²) in [4.78, 5) is 0. The minimum atomic E-state index is 0.813. The number of rotatable bonds is 3. The number of hydrogen-bond acceptors (Lipinski definition) is 1. The minimum Gasteiger partial charge on any atom is -0.240 e. The van der Waals surface area contributed by atoms with E-state index in [4.69, 9.17) is 0 Å². The molecule has 0 saturated heterocycles. The zero-order valence-corrected chi connectivity index (χ0v) is 11.6. The van der Waals surface area contributed by atoms with Gasteiger partial charge in [0.05, 0.1) is 11.4 Å². The minimum absolute atomic E-state index is 0.813. The number of benzene rings is 2. The average molecular weight is 261 g/mol. The number of aromatic nitrogens is 2. The SMILES string of the molecule is [CH2]Cc1ccc(-n2cc(-c3ccccc3)c(C)n2)cc1. The first-order valence-electron chi connectivity index (χ1n) is 6.78. The number of hydrogen-bond donors (Lipinski definition) is 0. The van der Waals surface area contributed by atoms with Crippen molar-refractivity contribution in [2.24, 2.45) is 0 Å². The van der Waals surface area contributed by atoms with Gasteiger partial charge in [0.1, 0.15) is 0 Å². The highest BCUT2D eigenvalue weighted by atomic mass is 15.3.